The quantitative estimate of drug-likeness (QED) is 0.273. The Morgan fingerprint density at radius 1 is 0.969 bits per heavy atom. The Labute approximate surface area is 201 Å². The lowest BCUT2D eigenvalue weighted by Gasteiger charge is -2.58. The van der Waals surface area contributed by atoms with E-state index in [2.05, 4.69) is 60.3 Å². The van der Waals surface area contributed by atoms with E-state index in [-0.39, 0.29) is 0 Å². The van der Waals surface area contributed by atoms with Crippen LogP contribution in [-0.4, -0.2) is 14.4 Å². The van der Waals surface area contributed by atoms with Crippen LogP contribution in [-0.2, 0) is 4.43 Å². The van der Waals surface area contributed by atoms with Gasteiger partial charge in [0, 0.05) is 6.10 Å². The number of hydrogen-bond acceptors (Lipinski definition) is 1. The lowest BCUT2D eigenvalue weighted by atomic mass is 9.47. The van der Waals surface area contributed by atoms with Crippen LogP contribution < -0.4 is 0 Å². The summed E-state index contributed by atoms with van der Waals surface area (Å²) < 4.78 is 6.58. The molecule has 4 aliphatic carbocycles. The van der Waals surface area contributed by atoms with Gasteiger partial charge in [-0.25, -0.2) is 0 Å². The average molecular weight is 459 g/mol. The van der Waals surface area contributed by atoms with Crippen LogP contribution in [0, 0.1) is 46.3 Å². The molecule has 3 fully saturated rings. The molecule has 32 heavy (non-hydrogen) atoms. The van der Waals surface area contributed by atoms with E-state index in [1.165, 1.54) is 70.6 Å². The van der Waals surface area contributed by atoms with E-state index in [4.69, 9.17) is 4.43 Å². The van der Waals surface area contributed by atoms with E-state index >= 15 is 0 Å². The van der Waals surface area contributed by atoms with Gasteiger partial charge in [-0.2, -0.15) is 0 Å². The van der Waals surface area contributed by atoms with E-state index in [0.29, 0.717) is 16.9 Å². The van der Waals surface area contributed by atoms with Gasteiger partial charge in [-0.15, -0.1) is 0 Å². The summed E-state index contributed by atoms with van der Waals surface area (Å²) in [6.07, 6.45) is 18.8. The van der Waals surface area contributed by atoms with Crippen molar-refractivity contribution in [2.24, 2.45) is 46.3 Å². The van der Waals surface area contributed by atoms with Crippen LogP contribution in [0.5, 0.6) is 0 Å². The third kappa shape index (κ3) is 4.71. The predicted octanol–water partition coefficient (Wildman–Crippen LogP) is 9.25. The largest absolute Gasteiger partial charge is 0.414 e. The zero-order valence-electron chi connectivity index (χ0n) is 22.8. The fourth-order valence-electron chi connectivity index (χ4n) is 9.25. The lowest BCUT2D eigenvalue weighted by Crippen LogP contribution is -2.51. The molecule has 8 atom stereocenters. The molecule has 8 unspecified atom stereocenters. The monoisotopic (exact) mass is 458 g/mol. The van der Waals surface area contributed by atoms with Crippen LogP contribution in [0.2, 0.25) is 19.6 Å². The Kier molecular flexibility index (Phi) is 7.17. The standard InChI is InChI=1S/C30H54OSi/c1-21(2)10-9-11-22(3)26-14-15-27-25-13-12-23-20-24(31-32(6,7)8)16-18-29(23,4)28(25)17-19-30(26,27)5/h12,21-22,24-28H,9-11,13-20H2,1-8H3. The molecule has 184 valence electrons. The molecule has 4 aliphatic rings. The van der Waals surface area contributed by atoms with Crippen LogP contribution in [0.25, 0.3) is 0 Å². The zero-order chi connectivity index (χ0) is 23.3. The minimum absolute atomic E-state index is 0.463. The SMILES string of the molecule is CC(C)CCCC(C)C1CCC2C3CC=C4CC(O[Si](C)(C)C)CCC4(C)C3CCC12C. The van der Waals surface area contributed by atoms with Crippen molar-refractivity contribution in [3.8, 4) is 0 Å². The maximum Gasteiger partial charge on any atom is 0.184 e. The van der Waals surface area contributed by atoms with Gasteiger partial charge in [-0.05, 0) is 117 Å². The van der Waals surface area contributed by atoms with Gasteiger partial charge in [0.1, 0.15) is 0 Å². The highest BCUT2D eigenvalue weighted by atomic mass is 28.4. The van der Waals surface area contributed by atoms with Gasteiger partial charge >= 0.3 is 0 Å². The van der Waals surface area contributed by atoms with Crippen LogP contribution >= 0.6 is 0 Å². The second-order valence-electron chi connectivity index (χ2n) is 14.4. The van der Waals surface area contributed by atoms with Crippen molar-refractivity contribution >= 4 is 8.32 Å². The topological polar surface area (TPSA) is 9.23 Å². The van der Waals surface area contributed by atoms with Gasteiger partial charge in [-0.3, -0.25) is 0 Å². The fraction of sp³-hybridized carbons (Fsp3) is 0.933. The number of hydrogen-bond donors (Lipinski definition) is 0. The van der Waals surface area contributed by atoms with Crippen molar-refractivity contribution in [1.82, 2.24) is 0 Å². The van der Waals surface area contributed by atoms with Gasteiger partial charge in [0.25, 0.3) is 0 Å². The molecule has 0 heterocycles. The molecule has 1 nitrogen and oxygen atoms in total. The van der Waals surface area contributed by atoms with Crippen LogP contribution in [0.4, 0.5) is 0 Å². The highest BCUT2D eigenvalue weighted by Crippen LogP contribution is 2.67. The molecule has 0 aliphatic heterocycles. The third-order valence-corrected chi connectivity index (χ3v) is 11.8. The second-order valence-corrected chi connectivity index (χ2v) is 18.8. The van der Waals surface area contributed by atoms with E-state index in [9.17, 15) is 0 Å². The Hall–Kier alpha value is -0.0831. The van der Waals surface area contributed by atoms with Gasteiger partial charge in [-0.1, -0.05) is 65.5 Å². The molecule has 0 spiro atoms. The first-order valence-corrected chi connectivity index (χ1v) is 17.7. The maximum absolute atomic E-state index is 6.58. The van der Waals surface area contributed by atoms with Crippen molar-refractivity contribution in [3.05, 3.63) is 11.6 Å². The minimum Gasteiger partial charge on any atom is -0.414 e. The first-order valence-electron chi connectivity index (χ1n) is 14.3. The summed E-state index contributed by atoms with van der Waals surface area (Å²) in [4.78, 5) is 0. The molecule has 0 aromatic rings. The molecule has 0 N–H and O–H groups in total. The first kappa shape index (κ1) is 25.0. The summed E-state index contributed by atoms with van der Waals surface area (Å²) >= 11 is 0. The zero-order valence-corrected chi connectivity index (χ0v) is 23.8. The van der Waals surface area contributed by atoms with E-state index in [1.54, 1.807) is 5.57 Å². The van der Waals surface area contributed by atoms with Crippen LogP contribution in [0.15, 0.2) is 11.6 Å². The summed E-state index contributed by atoms with van der Waals surface area (Å²) in [6, 6.07) is 0. The Bertz CT molecular complexity index is 689. The van der Waals surface area contributed by atoms with Crippen molar-refractivity contribution in [1.29, 1.82) is 0 Å². The number of rotatable bonds is 7. The lowest BCUT2D eigenvalue weighted by molar-refractivity contribution is -0.0563. The molecule has 3 saturated carbocycles. The Morgan fingerprint density at radius 3 is 2.41 bits per heavy atom. The van der Waals surface area contributed by atoms with Crippen LogP contribution in [0.1, 0.15) is 105 Å². The van der Waals surface area contributed by atoms with E-state index < -0.39 is 8.32 Å². The number of allylic oxidation sites excluding steroid dienone is 1. The molecule has 0 aromatic heterocycles. The molecular formula is C30H54OSi. The molecule has 0 aromatic carbocycles. The Balaban J connectivity index is 1.46. The molecular weight excluding hydrogens is 404 g/mol. The summed E-state index contributed by atoms with van der Waals surface area (Å²) in [7, 11) is -1.45. The molecule has 0 radical (unpaired) electrons. The van der Waals surface area contributed by atoms with Crippen molar-refractivity contribution in [3.63, 3.8) is 0 Å². The smallest absolute Gasteiger partial charge is 0.184 e. The van der Waals surface area contributed by atoms with Gasteiger partial charge in [0.15, 0.2) is 8.32 Å². The van der Waals surface area contributed by atoms with E-state index in [0.717, 1.165) is 35.5 Å². The van der Waals surface area contributed by atoms with Crippen molar-refractivity contribution in [2.45, 2.75) is 131 Å². The molecule has 4 rings (SSSR count). The highest BCUT2D eigenvalue weighted by Gasteiger charge is 2.59. The molecule has 0 amide bonds. The fourth-order valence-corrected chi connectivity index (χ4v) is 10.5. The number of fused-ring (bicyclic) bond motifs is 5. The third-order valence-electron chi connectivity index (χ3n) is 10.8. The first-order chi connectivity index (χ1) is 14.9. The summed E-state index contributed by atoms with van der Waals surface area (Å²) in [5, 5.41) is 0. The van der Waals surface area contributed by atoms with Gasteiger partial charge < -0.3 is 4.43 Å². The summed E-state index contributed by atoms with van der Waals surface area (Å²) in [5.41, 5.74) is 2.86. The molecule has 0 saturated heterocycles. The second kappa shape index (κ2) is 9.18. The highest BCUT2D eigenvalue weighted by molar-refractivity contribution is 6.69. The minimum atomic E-state index is -1.45. The van der Waals surface area contributed by atoms with Gasteiger partial charge in [0.05, 0.1) is 0 Å². The summed E-state index contributed by atoms with van der Waals surface area (Å²) in [5.74, 6) is 5.61. The summed E-state index contributed by atoms with van der Waals surface area (Å²) in [6.45, 7) is 19.8. The van der Waals surface area contributed by atoms with Crippen molar-refractivity contribution in [2.75, 3.05) is 0 Å². The predicted molar refractivity (Wildman–Crippen MR) is 141 cm³/mol. The molecule has 2 heteroatoms. The Morgan fingerprint density at radius 2 is 1.72 bits per heavy atom. The van der Waals surface area contributed by atoms with Crippen LogP contribution in [0.3, 0.4) is 0 Å². The normalized spacial score (nSPS) is 42.8. The average Bonchev–Trinajstić information content (AvgIpc) is 3.04. The molecule has 0 bridgehead atoms. The van der Waals surface area contributed by atoms with E-state index in [1.807, 2.05) is 0 Å². The van der Waals surface area contributed by atoms with Gasteiger partial charge in [0.2, 0.25) is 0 Å². The van der Waals surface area contributed by atoms with Crippen molar-refractivity contribution < 1.29 is 4.43 Å². The maximum atomic E-state index is 6.58.